The largest absolute Gasteiger partial charge is 1.00 e. The summed E-state index contributed by atoms with van der Waals surface area (Å²) in [7, 11) is 0. The summed E-state index contributed by atoms with van der Waals surface area (Å²) in [5.41, 5.74) is 5.67. The minimum absolute atomic E-state index is 0. The molecule has 72 valence electrons. The summed E-state index contributed by atoms with van der Waals surface area (Å²) in [6.45, 7) is 0. The van der Waals surface area contributed by atoms with Crippen molar-refractivity contribution < 1.29 is 66.8 Å². The number of halogens is 1. The molecule has 0 aromatic heterocycles. The van der Waals surface area contributed by atoms with Gasteiger partial charge in [-0.25, -0.2) is 0 Å². The Kier molecular flexibility index (Phi) is 9.42. The molecule has 1 rings (SSSR count). The summed E-state index contributed by atoms with van der Waals surface area (Å²) >= 11 is 5.69. The number of carboxylic acid groups (broad SMARTS) is 1. The van der Waals surface area contributed by atoms with Crippen LogP contribution in [0.4, 0.5) is 0 Å². The minimum Gasteiger partial charge on any atom is -0.548 e. The van der Waals surface area contributed by atoms with Gasteiger partial charge in [0.15, 0.2) is 0 Å². The van der Waals surface area contributed by atoms with Gasteiger partial charge in [0.2, 0.25) is 0 Å². The zero-order valence-electron chi connectivity index (χ0n) is 7.66. The number of carboxylic acids is 1. The molecule has 0 bridgehead atoms. The number of nitrogens with two attached hydrogens (primary N) is 1. The summed E-state index contributed by atoms with van der Waals surface area (Å²) in [4.78, 5) is 10.4. The third-order valence-electron chi connectivity index (χ3n) is 1.49. The normalized spacial score (nSPS) is 10.7. The average Bonchev–Trinajstić information content (AvgIpc) is 2.04. The van der Waals surface area contributed by atoms with Crippen molar-refractivity contribution >= 4 is 17.6 Å². The van der Waals surface area contributed by atoms with E-state index in [1.165, 1.54) is 0 Å². The summed E-state index contributed by atoms with van der Waals surface area (Å²) in [5, 5.41) is 10.7. The second-order valence-corrected chi connectivity index (χ2v) is 2.73. The Labute approximate surface area is 129 Å². The summed E-state index contributed by atoms with van der Waals surface area (Å²) in [6, 6.07) is 5.36. The third-order valence-corrected chi connectivity index (χ3v) is 1.84. The predicted molar refractivity (Wildman–Crippen MR) is 47.0 cm³/mol. The van der Waals surface area contributed by atoms with E-state index >= 15 is 0 Å². The van der Waals surface area contributed by atoms with Crippen molar-refractivity contribution in [2.24, 2.45) is 5.73 Å². The molecule has 4 N–H and O–H groups in total. The van der Waals surface area contributed by atoms with E-state index in [1.807, 2.05) is 0 Å². The van der Waals surface area contributed by atoms with Gasteiger partial charge in [-0.1, -0.05) is 29.8 Å². The van der Waals surface area contributed by atoms with Crippen LogP contribution in [0.2, 0.25) is 5.02 Å². The first-order valence-corrected chi connectivity index (χ1v) is 3.71. The molecule has 0 fully saturated rings. The van der Waals surface area contributed by atoms with E-state index in [-0.39, 0.29) is 56.9 Å². The molecule has 14 heavy (non-hydrogen) atoms. The molecule has 0 aliphatic heterocycles. The molecule has 1 aromatic rings. The molecule has 0 aliphatic rings. The molecule has 0 spiro atoms. The number of aliphatic carboxylic acids is 1. The van der Waals surface area contributed by atoms with Gasteiger partial charge in [-0.2, -0.15) is 0 Å². The van der Waals surface area contributed by atoms with Crippen LogP contribution in [0.5, 0.6) is 0 Å². The standard InChI is InChI=1S/C8H8ClNO2.K.H2O/c9-6-4-2-1-3-5(6)7(10)8(11)12;;/h1-4,7H,10H2,(H,11,12);;1H2/q;+1;/p-1. The molecule has 0 heterocycles. The van der Waals surface area contributed by atoms with Crippen LogP contribution in [0.15, 0.2) is 24.3 Å². The van der Waals surface area contributed by atoms with Crippen LogP contribution in [0, 0.1) is 0 Å². The molecule has 0 aliphatic carbocycles. The molecule has 0 saturated heterocycles. The Hall–Kier alpha value is 0.536. The Morgan fingerprint density at radius 3 is 2.36 bits per heavy atom. The maximum absolute atomic E-state index is 10.4. The quantitative estimate of drug-likeness (QED) is 0.539. The second-order valence-electron chi connectivity index (χ2n) is 2.32. The molecular weight excluding hydrogens is 233 g/mol. The monoisotopic (exact) mass is 241 g/mol. The van der Waals surface area contributed by atoms with Crippen molar-refractivity contribution in [2.45, 2.75) is 6.04 Å². The maximum Gasteiger partial charge on any atom is 1.00 e. The van der Waals surface area contributed by atoms with E-state index in [2.05, 4.69) is 0 Å². The van der Waals surface area contributed by atoms with Gasteiger partial charge in [-0.15, -0.1) is 0 Å². The van der Waals surface area contributed by atoms with E-state index < -0.39 is 12.0 Å². The number of carbonyl (C=O) groups is 1. The van der Waals surface area contributed by atoms with E-state index in [0.29, 0.717) is 10.6 Å². The summed E-state index contributed by atoms with van der Waals surface area (Å²) in [5.74, 6) is -1.33. The van der Waals surface area contributed by atoms with Crippen LogP contribution in [-0.2, 0) is 4.79 Å². The smallest absolute Gasteiger partial charge is 0.548 e. The summed E-state index contributed by atoms with van der Waals surface area (Å²) < 4.78 is 0. The van der Waals surface area contributed by atoms with Crippen molar-refractivity contribution in [1.82, 2.24) is 0 Å². The van der Waals surface area contributed by atoms with Gasteiger partial charge in [0.05, 0.1) is 12.0 Å². The SMILES string of the molecule is NC(C(=O)[O-])c1ccccc1Cl.O.[K+]. The number of benzene rings is 1. The number of hydrogen-bond acceptors (Lipinski definition) is 3. The zero-order valence-corrected chi connectivity index (χ0v) is 11.5. The van der Waals surface area contributed by atoms with Gasteiger partial charge in [0.1, 0.15) is 0 Å². The molecular formula is C8H9ClKNO3. The molecule has 4 nitrogen and oxygen atoms in total. The van der Waals surface area contributed by atoms with E-state index in [9.17, 15) is 9.90 Å². The second kappa shape index (κ2) is 7.78. The van der Waals surface area contributed by atoms with Gasteiger partial charge in [0.25, 0.3) is 0 Å². The third kappa shape index (κ3) is 4.37. The molecule has 1 unspecified atom stereocenters. The van der Waals surface area contributed by atoms with E-state index in [1.54, 1.807) is 24.3 Å². The van der Waals surface area contributed by atoms with Crippen molar-refractivity contribution in [3.05, 3.63) is 34.9 Å². The Bertz CT molecular complexity index is 308. The van der Waals surface area contributed by atoms with Crippen LogP contribution < -0.4 is 62.2 Å². The van der Waals surface area contributed by atoms with Crippen molar-refractivity contribution in [1.29, 1.82) is 0 Å². The summed E-state index contributed by atoms with van der Waals surface area (Å²) in [6.07, 6.45) is 0. The van der Waals surface area contributed by atoms with Crippen LogP contribution in [0.3, 0.4) is 0 Å². The van der Waals surface area contributed by atoms with Gasteiger partial charge >= 0.3 is 51.4 Å². The van der Waals surface area contributed by atoms with E-state index in [0.717, 1.165) is 0 Å². The fraction of sp³-hybridized carbons (Fsp3) is 0.125. The maximum atomic E-state index is 10.4. The first-order chi connectivity index (χ1) is 5.63. The Balaban J connectivity index is 0. The number of rotatable bonds is 2. The fourth-order valence-electron chi connectivity index (χ4n) is 0.854. The minimum atomic E-state index is -1.33. The van der Waals surface area contributed by atoms with E-state index in [4.69, 9.17) is 17.3 Å². The van der Waals surface area contributed by atoms with Crippen molar-refractivity contribution in [3.8, 4) is 0 Å². The Morgan fingerprint density at radius 2 is 1.93 bits per heavy atom. The first-order valence-electron chi connectivity index (χ1n) is 3.34. The Morgan fingerprint density at radius 1 is 1.43 bits per heavy atom. The van der Waals surface area contributed by atoms with Gasteiger partial charge < -0.3 is 21.1 Å². The van der Waals surface area contributed by atoms with Crippen molar-refractivity contribution in [3.63, 3.8) is 0 Å². The van der Waals surface area contributed by atoms with Crippen LogP contribution in [-0.4, -0.2) is 11.4 Å². The topological polar surface area (TPSA) is 97.7 Å². The molecule has 1 atom stereocenters. The van der Waals surface area contributed by atoms with Crippen LogP contribution in [0.25, 0.3) is 0 Å². The predicted octanol–water partition coefficient (Wildman–Crippen LogP) is -3.73. The molecule has 0 amide bonds. The average molecular weight is 242 g/mol. The van der Waals surface area contributed by atoms with Crippen LogP contribution >= 0.6 is 11.6 Å². The van der Waals surface area contributed by atoms with Gasteiger partial charge in [0, 0.05) is 5.02 Å². The zero-order chi connectivity index (χ0) is 9.14. The van der Waals surface area contributed by atoms with Gasteiger partial charge in [-0.05, 0) is 11.6 Å². The molecule has 1 aromatic carbocycles. The van der Waals surface area contributed by atoms with Crippen LogP contribution in [0.1, 0.15) is 11.6 Å². The van der Waals surface area contributed by atoms with Crippen molar-refractivity contribution in [2.75, 3.05) is 0 Å². The molecule has 6 heteroatoms. The number of hydrogen-bond donors (Lipinski definition) is 1. The fourth-order valence-corrected chi connectivity index (χ4v) is 1.11. The van der Waals surface area contributed by atoms with Gasteiger partial charge in [-0.3, -0.25) is 0 Å². The first kappa shape index (κ1) is 16.9. The molecule has 0 radical (unpaired) electrons. The number of carbonyl (C=O) groups excluding carboxylic acids is 1. The molecule has 0 saturated carbocycles.